The third-order valence-electron chi connectivity index (χ3n) is 0.413. The van der Waals surface area contributed by atoms with Crippen LogP contribution in [0.3, 0.4) is 0 Å². The Morgan fingerprint density at radius 3 is 2.11 bits per heavy atom. The molecule has 0 aliphatic carbocycles. The number of hydrogen-bond donors (Lipinski definition) is 3. The Morgan fingerprint density at radius 1 is 1.56 bits per heavy atom. The standard InChI is InChI=1S/C3H9N3Se.2BrH/c4-1-2-7-3(5)6;;/h1-2,4H2,(H3,5,6);2*1H. The van der Waals surface area contributed by atoms with E-state index in [4.69, 9.17) is 11.1 Å². The van der Waals surface area contributed by atoms with E-state index >= 15 is 0 Å². The van der Waals surface area contributed by atoms with E-state index in [1.165, 1.54) is 0 Å². The SMILES string of the molecule is NC(=[NH2+])[Se]CC[NH3+].[Br-].[Br-]. The number of amidine groups is 1. The topological polar surface area (TPSA) is 79.2 Å². The zero-order valence-electron chi connectivity index (χ0n) is 4.94. The molecule has 9 heavy (non-hydrogen) atoms. The quantitative estimate of drug-likeness (QED) is 0.269. The van der Waals surface area contributed by atoms with E-state index in [1.807, 2.05) is 0 Å². The van der Waals surface area contributed by atoms with E-state index in [0.29, 0.717) is 19.7 Å². The van der Waals surface area contributed by atoms with E-state index in [0.717, 1.165) is 11.9 Å². The Bertz CT molecular complexity index is 70.1. The summed E-state index contributed by atoms with van der Waals surface area (Å²) in [6.45, 7) is 0.942. The minimum absolute atomic E-state index is 0. The fourth-order valence-electron chi connectivity index (χ4n) is 0.190. The number of quaternary nitrogens is 1. The molecule has 6 heteroatoms. The summed E-state index contributed by atoms with van der Waals surface area (Å²) in [6, 6.07) is 0. The van der Waals surface area contributed by atoms with Crippen LogP contribution in [-0.4, -0.2) is 26.2 Å². The maximum absolute atomic E-state index is 5.17. The van der Waals surface area contributed by atoms with Crippen LogP contribution >= 0.6 is 0 Å². The summed E-state index contributed by atoms with van der Waals surface area (Å²) in [5.41, 5.74) is 8.82. The molecule has 0 aromatic heterocycles. The van der Waals surface area contributed by atoms with Gasteiger partial charge in [-0.15, -0.1) is 0 Å². The third-order valence-corrected chi connectivity index (χ3v) is 2.15. The molecule has 0 aliphatic rings. The van der Waals surface area contributed by atoms with Gasteiger partial charge in [-0.2, -0.15) is 0 Å². The van der Waals surface area contributed by atoms with Crippen molar-refractivity contribution in [2.45, 2.75) is 5.32 Å². The molecule has 0 aromatic rings. The van der Waals surface area contributed by atoms with Gasteiger partial charge in [0.15, 0.2) is 0 Å². The van der Waals surface area contributed by atoms with Gasteiger partial charge in [0.05, 0.1) is 0 Å². The first-order valence-electron chi connectivity index (χ1n) is 2.07. The Labute approximate surface area is 82.1 Å². The molecule has 0 unspecified atom stereocenters. The average Bonchev–Trinajstić information content (AvgIpc) is 1.61. The van der Waals surface area contributed by atoms with Gasteiger partial charge in [0.2, 0.25) is 0 Å². The third kappa shape index (κ3) is 17.6. The van der Waals surface area contributed by atoms with Gasteiger partial charge in [-0.05, 0) is 0 Å². The van der Waals surface area contributed by atoms with Crippen molar-refractivity contribution in [2.75, 3.05) is 6.54 Å². The van der Waals surface area contributed by atoms with Crippen LogP contribution in [-0.2, 0) is 0 Å². The first-order chi connectivity index (χ1) is 3.27. The summed E-state index contributed by atoms with van der Waals surface area (Å²) in [7, 11) is 0. The van der Waals surface area contributed by atoms with Crippen molar-refractivity contribution in [3.05, 3.63) is 0 Å². The largest absolute Gasteiger partial charge is 1.00 e. The smallest absolute Gasteiger partial charge is 1.00 e. The monoisotopic (exact) mass is 327 g/mol. The molecule has 7 N–H and O–H groups in total. The van der Waals surface area contributed by atoms with Gasteiger partial charge in [0, 0.05) is 0 Å². The Kier molecular flexibility index (Phi) is 21.4. The molecule has 0 spiro atoms. The Morgan fingerprint density at radius 2 is 2.00 bits per heavy atom. The first kappa shape index (κ1) is 16.5. The summed E-state index contributed by atoms with van der Waals surface area (Å²) in [5, 5.41) is 6.24. The first-order valence-corrected chi connectivity index (χ1v) is 4.14. The minimum atomic E-state index is 0. The van der Waals surface area contributed by atoms with E-state index in [2.05, 4.69) is 5.73 Å². The molecule has 0 saturated heterocycles. The van der Waals surface area contributed by atoms with Crippen LogP contribution in [0, 0.1) is 0 Å². The maximum atomic E-state index is 5.17. The van der Waals surface area contributed by atoms with Crippen LogP contribution in [0.1, 0.15) is 0 Å². The molecule has 0 radical (unpaired) electrons. The number of hydrogen-bond acceptors (Lipinski definition) is 0. The molecule has 0 atom stereocenters. The summed E-state index contributed by atoms with van der Waals surface area (Å²) in [6.07, 6.45) is 0. The zero-order valence-corrected chi connectivity index (χ0v) is 9.83. The van der Waals surface area contributed by atoms with Crippen LogP contribution in [0.25, 0.3) is 0 Å². The summed E-state index contributed by atoms with van der Waals surface area (Å²) in [4.78, 5) is 0. The predicted octanol–water partition coefficient (Wildman–Crippen LogP) is -9.57. The van der Waals surface area contributed by atoms with Crippen molar-refractivity contribution < 1.29 is 45.1 Å². The van der Waals surface area contributed by atoms with Crippen LogP contribution in [0.5, 0.6) is 0 Å². The van der Waals surface area contributed by atoms with E-state index < -0.39 is 0 Å². The van der Waals surface area contributed by atoms with Crippen molar-refractivity contribution in [2.24, 2.45) is 5.73 Å². The molecule has 58 valence electrons. The van der Waals surface area contributed by atoms with Gasteiger partial charge in [-0.3, -0.25) is 0 Å². The summed E-state index contributed by atoms with van der Waals surface area (Å²) in [5.74, 6) is 0. The fourth-order valence-corrected chi connectivity index (χ4v) is 0.987. The van der Waals surface area contributed by atoms with E-state index in [9.17, 15) is 0 Å². The van der Waals surface area contributed by atoms with Crippen molar-refractivity contribution in [1.82, 2.24) is 0 Å². The summed E-state index contributed by atoms with van der Waals surface area (Å²) < 4.78 is 0.580. The van der Waals surface area contributed by atoms with Crippen molar-refractivity contribution in [1.29, 1.82) is 0 Å². The number of rotatable bonds is 3. The number of halogens is 2. The van der Waals surface area contributed by atoms with Crippen molar-refractivity contribution >= 4 is 19.7 Å². The van der Waals surface area contributed by atoms with Gasteiger partial charge in [0.25, 0.3) is 0 Å². The molecular weight excluding hydrogens is 317 g/mol. The minimum Gasteiger partial charge on any atom is -1.00 e. The Balaban J connectivity index is -0.000000180. The van der Waals surface area contributed by atoms with E-state index in [1.54, 1.807) is 0 Å². The second-order valence-electron chi connectivity index (χ2n) is 1.10. The van der Waals surface area contributed by atoms with Crippen LogP contribution < -0.4 is 50.8 Å². The molecular formula is C3H11Br2N3Se. The molecule has 0 aromatic carbocycles. The predicted molar refractivity (Wildman–Crippen MR) is 29.4 cm³/mol. The van der Waals surface area contributed by atoms with Gasteiger partial charge >= 0.3 is 48.4 Å². The summed E-state index contributed by atoms with van der Waals surface area (Å²) >= 11 is 0.335. The van der Waals surface area contributed by atoms with Gasteiger partial charge in [0.1, 0.15) is 0 Å². The second-order valence-corrected chi connectivity index (χ2v) is 3.56. The number of nitrogens with two attached hydrogens (primary N) is 2. The molecule has 0 aliphatic heterocycles. The van der Waals surface area contributed by atoms with Crippen molar-refractivity contribution in [3.8, 4) is 0 Å². The molecule has 0 rings (SSSR count). The molecule has 0 bridgehead atoms. The zero-order chi connectivity index (χ0) is 5.70. The van der Waals surface area contributed by atoms with Gasteiger partial charge in [-0.1, -0.05) is 0 Å². The molecule has 3 nitrogen and oxygen atoms in total. The van der Waals surface area contributed by atoms with Crippen LogP contribution in [0.4, 0.5) is 0 Å². The second kappa shape index (κ2) is 11.7. The molecule has 0 fully saturated rings. The van der Waals surface area contributed by atoms with Crippen molar-refractivity contribution in [3.63, 3.8) is 0 Å². The average molecular weight is 328 g/mol. The van der Waals surface area contributed by atoms with E-state index in [-0.39, 0.29) is 34.0 Å². The Hall–Kier alpha value is 0.909. The van der Waals surface area contributed by atoms with Gasteiger partial charge < -0.3 is 34.0 Å². The molecule has 0 amide bonds. The molecule has 0 saturated carbocycles. The van der Waals surface area contributed by atoms with Crippen LogP contribution in [0.2, 0.25) is 5.32 Å². The molecule has 0 heterocycles. The van der Waals surface area contributed by atoms with Crippen LogP contribution in [0.15, 0.2) is 0 Å². The fraction of sp³-hybridized carbons (Fsp3) is 0.667. The normalized spacial score (nSPS) is 6.78. The maximum Gasteiger partial charge on any atom is -1.00 e. The van der Waals surface area contributed by atoms with Gasteiger partial charge in [-0.25, -0.2) is 0 Å².